The Morgan fingerprint density at radius 1 is 1.45 bits per heavy atom. The normalized spacial score (nSPS) is 22.5. The second kappa shape index (κ2) is 6.59. The van der Waals surface area contributed by atoms with Crippen LogP contribution < -0.4 is 4.72 Å². The third-order valence-corrected chi connectivity index (χ3v) is 5.45. The molecule has 0 spiro atoms. The number of carbonyl (C=O) groups excluding carboxylic acids is 1. The predicted octanol–water partition coefficient (Wildman–Crippen LogP) is 0.746. The van der Waals surface area contributed by atoms with E-state index in [9.17, 15) is 13.2 Å². The van der Waals surface area contributed by atoms with E-state index in [1.807, 2.05) is 20.8 Å². The van der Waals surface area contributed by atoms with Crippen LogP contribution in [0.25, 0.3) is 0 Å². The van der Waals surface area contributed by atoms with Crippen LogP contribution in [-0.2, 0) is 16.4 Å². The molecule has 0 bridgehead atoms. The highest BCUT2D eigenvalue weighted by Crippen LogP contribution is 2.27. The van der Waals surface area contributed by atoms with E-state index in [0.29, 0.717) is 30.1 Å². The molecule has 1 fully saturated rings. The summed E-state index contributed by atoms with van der Waals surface area (Å²) in [4.78, 5) is 14.9. The molecule has 0 saturated carbocycles. The molecule has 2 rings (SSSR count). The van der Waals surface area contributed by atoms with Gasteiger partial charge in [0.2, 0.25) is 10.0 Å². The van der Waals surface area contributed by atoms with Crippen LogP contribution in [0.4, 0.5) is 0 Å². The van der Waals surface area contributed by atoms with Gasteiger partial charge < -0.3 is 4.90 Å². The van der Waals surface area contributed by atoms with Gasteiger partial charge in [0.25, 0.3) is 5.91 Å². The number of likely N-dealkylation sites (tertiary alicyclic amines) is 1. The van der Waals surface area contributed by atoms with Gasteiger partial charge in [0.1, 0.15) is 4.88 Å². The Hall–Kier alpha value is -1.06. The molecule has 2 atom stereocenters. The number of hydrogen-bond acceptors (Lipinski definition) is 6. The van der Waals surface area contributed by atoms with Crippen molar-refractivity contribution in [1.29, 1.82) is 0 Å². The van der Waals surface area contributed by atoms with Crippen molar-refractivity contribution in [2.45, 2.75) is 33.2 Å². The molecule has 1 aromatic rings. The molecule has 0 radical (unpaired) electrons. The summed E-state index contributed by atoms with van der Waals surface area (Å²) in [5.74, 6) is 0.280. The summed E-state index contributed by atoms with van der Waals surface area (Å²) in [5, 5.41) is 3.97. The molecule has 0 aliphatic carbocycles. The number of nitrogens with zero attached hydrogens (tertiary/aromatic N) is 3. The molecule has 1 saturated heterocycles. The Morgan fingerprint density at radius 2 is 2.14 bits per heavy atom. The molecule has 0 aromatic carbocycles. The Labute approximate surface area is 135 Å². The van der Waals surface area contributed by atoms with Crippen LogP contribution in [0.3, 0.4) is 0 Å². The first-order chi connectivity index (χ1) is 10.2. The van der Waals surface area contributed by atoms with Crippen molar-refractivity contribution in [3.05, 3.63) is 10.6 Å². The number of nitrogens with one attached hydrogen (secondary N) is 1. The number of amides is 1. The molecule has 22 heavy (non-hydrogen) atoms. The summed E-state index contributed by atoms with van der Waals surface area (Å²) >= 11 is 1.10. The minimum atomic E-state index is -3.30. The minimum absolute atomic E-state index is 0.102. The molecule has 0 unspecified atom stereocenters. The number of hydrogen-bond donors (Lipinski definition) is 1. The van der Waals surface area contributed by atoms with Crippen molar-refractivity contribution in [1.82, 2.24) is 19.2 Å². The highest BCUT2D eigenvalue weighted by atomic mass is 32.2. The minimum Gasteiger partial charge on any atom is -0.336 e. The second-order valence-electron chi connectivity index (χ2n) is 6.02. The van der Waals surface area contributed by atoms with Gasteiger partial charge in [0.15, 0.2) is 0 Å². The molecule has 9 heteroatoms. The zero-order chi connectivity index (χ0) is 16.5. The SMILES string of the molecule is CCc1nnsc1C(=O)N1C[C@@H](NS(C)(=O)=O)[C@H](C(C)C)C1. The topological polar surface area (TPSA) is 92.3 Å². The van der Waals surface area contributed by atoms with Crippen LogP contribution in [0.1, 0.15) is 36.1 Å². The number of aromatic nitrogens is 2. The fourth-order valence-electron chi connectivity index (χ4n) is 2.82. The summed E-state index contributed by atoms with van der Waals surface area (Å²) in [5.41, 5.74) is 0.704. The molecule has 7 nitrogen and oxygen atoms in total. The lowest BCUT2D eigenvalue weighted by atomic mass is 9.92. The standard InChI is InChI=1S/C13H22N4O3S2/c1-5-10-12(21-16-14-10)13(18)17-6-9(8(2)3)11(7-17)15-22(4,19)20/h8-9,11,15H,5-7H2,1-4H3/t9-,11+/m0/s1. The van der Waals surface area contributed by atoms with Crippen LogP contribution in [0, 0.1) is 11.8 Å². The van der Waals surface area contributed by atoms with Crippen molar-refractivity contribution >= 4 is 27.5 Å². The molecule has 1 N–H and O–H groups in total. The Bertz CT molecular complexity index is 641. The van der Waals surface area contributed by atoms with Gasteiger partial charge in [0.05, 0.1) is 11.9 Å². The summed E-state index contributed by atoms with van der Waals surface area (Å²) in [6, 6.07) is -0.245. The molecule has 124 valence electrons. The van der Waals surface area contributed by atoms with E-state index in [4.69, 9.17) is 0 Å². The first kappa shape index (κ1) is 17.3. The van der Waals surface area contributed by atoms with E-state index < -0.39 is 10.0 Å². The third-order valence-electron chi connectivity index (χ3n) is 3.96. The maximum absolute atomic E-state index is 12.6. The zero-order valence-corrected chi connectivity index (χ0v) is 14.9. The van der Waals surface area contributed by atoms with E-state index in [1.165, 1.54) is 0 Å². The van der Waals surface area contributed by atoms with Crippen LogP contribution in [-0.4, -0.2) is 54.2 Å². The van der Waals surface area contributed by atoms with Crippen LogP contribution >= 0.6 is 11.5 Å². The third kappa shape index (κ3) is 3.82. The highest BCUT2D eigenvalue weighted by molar-refractivity contribution is 7.88. The second-order valence-corrected chi connectivity index (χ2v) is 8.55. The van der Waals surface area contributed by atoms with Gasteiger partial charge in [0, 0.05) is 19.1 Å². The van der Waals surface area contributed by atoms with Gasteiger partial charge in [-0.3, -0.25) is 4.79 Å². The van der Waals surface area contributed by atoms with Crippen molar-refractivity contribution < 1.29 is 13.2 Å². The number of carbonyl (C=O) groups is 1. The largest absolute Gasteiger partial charge is 0.336 e. The quantitative estimate of drug-likeness (QED) is 0.849. The maximum atomic E-state index is 12.6. The van der Waals surface area contributed by atoms with Gasteiger partial charge in [-0.15, -0.1) is 5.10 Å². The number of rotatable bonds is 5. The molecule has 1 aliphatic heterocycles. The Kier molecular flexibility index (Phi) is 5.18. The summed E-state index contributed by atoms with van der Waals surface area (Å²) in [6.45, 7) is 6.95. The van der Waals surface area contributed by atoms with Crippen molar-refractivity contribution in [3.8, 4) is 0 Å². The maximum Gasteiger partial charge on any atom is 0.267 e. The summed E-state index contributed by atoms with van der Waals surface area (Å²) in [7, 11) is -3.30. The first-order valence-electron chi connectivity index (χ1n) is 7.30. The average Bonchev–Trinajstić information content (AvgIpc) is 3.01. The van der Waals surface area contributed by atoms with Gasteiger partial charge in [-0.25, -0.2) is 13.1 Å². The smallest absolute Gasteiger partial charge is 0.267 e. The Morgan fingerprint density at radius 3 is 2.68 bits per heavy atom. The first-order valence-corrected chi connectivity index (χ1v) is 9.97. The Balaban J connectivity index is 2.18. The van der Waals surface area contributed by atoms with Crippen molar-refractivity contribution in [3.63, 3.8) is 0 Å². The summed E-state index contributed by atoms with van der Waals surface area (Å²) in [6.07, 6.45) is 1.81. The number of aryl methyl sites for hydroxylation is 1. The molecule has 1 aliphatic rings. The van der Waals surface area contributed by atoms with Gasteiger partial charge in [-0.05, 0) is 29.8 Å². The molecule has 1 amide bonds. The molecule has 1 aromatic heterocycles. The zero-order valence-electron chi connectivity index (χ0n) is 13.2. The van der Waals surface area contributed by atoms with E-state index in [1.54, 1.807) is 4.90 Å². The van der Waals surface area contributed by atoms with E-state index in [0.717, 1.165) is 17.8 Å². The predicted molar refractivity (Wildman–Crippen MR) is 85.3 cm³/mol. The number of sulfonamides is 1. The highest BCUT2D eigenvalue weighted by Gasteiger charge is 2.39. The van der Waals surface area contributed by atoms with E-state index in [2.05, 4.69) is 14.3 Å². The summed E-state index contributed by atoms with van der Waals surface area (Å²) < 4.78 is 29.6. The van der Waals surface area contributed by atoms with Crippen molar-refractivity contribution in [2.24, 2.45) is 11.8 Å². The fraction of sp³-hybridized carbons (Fsp3) is 0.769. The van der Waals surface area contributed by atoms with E-state index in [-0.39, 0.29) is 23.8 Å². The lowest BCUT2D eigenvalue weighted by Gasteiger charge is -2.21. The molecular formula is C13H22N4O3S2. The van der Waals surface area contributed by atoms with Crippen LogP contribution in [0.2, 0.25) is 0 Å². The van der Waals surface area contributed by atoms with Gasteiger partial charge in [-0.1, -0.05) is 25.3 Å². The monoisotopic (exact) mass is 346 g/mol. The fourth-order valence-corrected chi connectivity index (χ4v) is 4.33. The lowest BCUT2D eigenvalue weighted by Crippen LogP contribution is -2.41. The molecular weight excluding hydrogens is 324 g/mol. The molecule has 2 heterocycles. The van der Waals surface area contributed by atoms with Crippen LogP contribution in [0.15, 0.2) is 0 Å². The van der Waals surface area contributed by atoms with Gasteiger partial charge in [-0.2, -0.15) is 0 Å². The van der Waals surface area contributed by atoms with E-state index >= 15 is 0 Å². The lowest BCUT2D eigenvalue weighted by molar-refractivity contribution is 0.0786. The van der Waals surface area contributed by atoms with Crippen LogP contribution in [0.5, 0.6) is 0 Å². The van der Waals surface area contributed by atoms with Gasteiger partial charge >= 0.3 is 0 Å². The average molecular weight is 346 g/mol. The van der Waals surface area contributed by atoms with Crippen molar-refractivity contribution in [2.75, 3.05) is 19.3 Å².